The number of nitrogens with one attached hydrogen (secondary N) is 3. The third-order valence-corrected chi connectivity index (χ3v) is 4.76. The minimum absolute atomic E-state index is 0.158. The number of hydrazine groups is 1. The SMILES string of the molecule is Cc1nn(CC(C)C)c(C)c1CC(=O)NNC(=S)Nc1ccc(C(C)C)cc1. The number of rotatable bonds is 6. The molecule has 152 valence electrons. The fourth-order valence-corrected chi connectivity index (χ4v) is 3.13. The number of nitrogens with zero attached hydrogens (tertiary/aromatic N) is 2. The molecule has 7 heteroatoms. The van der Waals surface area contributed by atoms with E-state index >= 15 is 0 Å². The van der Waals surface area contributed by atoms with Gasteiger partial charge in [-0.25, -0.2) is 0 Å². The van der Waals surface area contributed by atoms with Crippen LogP contribution < -0.4 is 16.2 Å². The summed E-state index contributed by atoms with van der Waals surface area (Å²) < 4.78 is 1.98. The maximum absolute atomic E-state index is 12.3. The summed E-state index contributed by atoms with van der Waals surface area (Å²) in [5.41, 5.74) is 10.4. The Kier molecular flexibility index (Phi) is 7.57. The van der Waals surface area contributed by atoms with Crippen molar-refractivity contribution in [3.63, 3.8) is 0 Å². The highest BCUT2D eigenvalue weighted by molar-refractivity contribution is 7.80. The van der Waals surface area contributed by atoms with Gasteiger partial charge in [-0.15, -0.1) is 0 Å². The molecule has 0 aliphatic heterocycles. The third-order valence-electron chi connectivity index (χ3n) is 4.56. The molecule has 2 aromatic rings. The minimum Gasteiger partial charge on any atom is -0.331 e. The van der Waals surface area contributed by atoms with E-state index in [2.05, 4.69) is 61.1 Å². The van der Waals surface area contributed by atoms with Gasteiger partial charge in [0.05, 0.1) is 12.1 Å². The number of carbonyl (C=O) groups excluding carboxylic acids is 1. The molecule has 28 heavy (non-hydrogen) atoms. The van der Waals surface area contributed by atoms with Crippen LogP contribution in [0.1, 0.15) is 56.1 Å². The van der Waals surface area contributed by atoms with Crippen LogP contribution >= 0.6 is 12.2 Å². The number of benzene rings is 1. The molecule has 1 aromatic carbocycles. The Morgan fingerprint density at radius 3 is 2.32 bits per heavy atom. The van der Waals surface area contributed by atoms with E-state index < -0.39 is 0 Å². The first-order chi connectivity index (χ1) is 13.2. The molecule has 0 spiro atoms. The molecule has 0 aliphatic rings. The van der Waals surface area contributed by atoms with Gasteiger partial charge in [0.25, 0.3) is 0 Å². The van der Waals surface area contributed by atoms with E-state index in [0.29, 0.717) is 16.9 Å². The third kappa shape index (κ3) is 6.05. The van der Waals surface area contributed by atoms with Crippen LogP contribution in [-0.2, 0) is 17.8 Å². The second-order valence-corrected chi connectivity index (χ2v) is 8.21. The normalized spacial score (nSPS) is 11.0. The average molecular weight is 402 g/mol. The van der Waals surface area contributed by atoms with Gasteiger partial charge in [0, 0.05) is 23.5 Å². The van der Waals surface area contributed by atoms with Crippen molar-refractivity contribution < 1.29 is 4.79 Å². The number of carbonyl (C=O) groups is 1. The van der Waals surface area contributed by atoms with Crippen molar-refractivity contribution in [2.24, 2.45) is 5.92 Å². The topological polar surface area (TPSA) is 71.0 Å². The molecule has 0 aliphatic carbocycles. The predicted octanol–water partition coefficient (Wildman–Crippen LogP) is 3.84. The van der Waals surface area contributed by atoms with Crippen molar-refractivity contribution in [2.45, 2.75) is 60.4 Å². The number of anilines is 1. The van der Waals surface area contributed by atoms with Crippen LogP contribution in [0.25, 0.3) is 0 Å². The quantitative estimate of drug-likeness (QED) is 0.507. The first-order valence-corrected chi connectivity index (χ1v) is 10.1. The molecular formula is C21H31N5OS. The van der Waals surface area contributed by atoms with Gasteiger partial charge in [-0.1, -0.05) is 39.8 Å². The molecule has 1 heterocycles. The maximum Gasteiger partial charge on any atom is 0.242 e. The molecule has 0 bridgehead atoms. The number of thiocarbonyl (C=S) groups is 1. The summed E-state index contributed by atoms with van der Waals surface area (Å²) in [6.07, 6.45) is 0.258. The maximum atomic E-state index is 12.3. The Labute approximate surface area is 173 Å². The van der Waals surface area contributed by atoms with Gasteiger partial charge in [0.15, 0.2) is 5.11 Å². The molecule has 0 radical (unpaired) electrons. The van der Waals surface area contributed by atoms with E-state index in [1.807, 2.05) is 30.7 Å². The average Bonchev–Trinajstić information content (AvgIpc) is 2.87. The van der Waals surface area contributed by atoms with Crippen molar-refractivity contribution in [3.8, 4) is 0 Å². The van der Waals surface area contributed by atoms with E-state index in [4.69, 9.17) is 12.2 Å². The van der Waals surface area contributed by atoms with Crippen LogP contribution in [0.5, 0.6) is 0 Å². The lowest BCUT2D eigenvalue weighted by molar-refractivity contribution is -0.121. The zero-order valence-corrected chi connectivity index (χ0v) is 18.4. The summed E-state index contributed by atoms with van der Waals surface area (Å²) in [5, 5.41) is 7.96. The van der Waals surface area contributed by atoms with Gasteiger partial charge in [-0.3, -0.25) is 20.3 Å². The highest BCUT2D eigenvalue weighted by Gasteiger charge is 2.15. The van der Waals surface area contributed by atoms with Crippen LogP contribution in [0.15, 0.2) is 24.3 Å². The zero-order chi connectivity index (χ0) is 20.8. The molecule has 0 fully saturated rings. The van der Waals surface area contributed by atoms with Gasteiger partial charge in [0.2, 0.25) is 5.91 Å². The highest BCUT2D eigenvalue weighted by atomic mass is 32.1. The standard InChI is InChI=1S/C21H31N5OS/c1-13(2)12-26-16(6)19(15(5)25-26)11-20(27)23-24-21(28)22-18-9-7-17(8-10-18)14(3)4/h7-10,13-14H,11-12H2,1-6H3,(H,23,27)(H2,22,24,28). The second-order valence-electron chi connectivity index (χ2n) is 7.81. The van der Waals surface area contributed by atoms with Crippen molar-refractivity contribution in [3.05, 3.63) is 46.8 Å². The van der Waals surface area contributed by atoms with Gasteiger partial charge >= 0.3 is 0 Å². The number of hydrogen-bond donors (Lipinski definition) is 3. The van der Waals surface area contributed by atoms with Crippen LogP contribution in [-0.4, -0.2) is 20.8 Å². The molecule has 0 unspecified atom stereocenters. The van der Waals surface area contributed by atoms with Crippen molar-refractivity contribution in [1.29, 1.82) is 0 Å². The minimum atomic E-state index is -0.158. The lowest BCUT2D eigenvalue weighted by Gasteiger charge is -2.13. The molecule has 0 saturated carbocycles. The summed E-state index contributed by atoms with van der Waals surface area (Å²) in [5.74, 6) is 0.823. The van der Waals surface area contributed by atoms with E-state index in [-0.39, 0.29) is 12.3 Å². The molecule has 0 saturated heterocycles. The Morgan fingerprint density at radius 2 is 1.75 bits per heavy atom. The monoisotopic (exact) mass is 401 g/mol. The lowest BCUT2D eigenvalue weighted by atomic mass is 10.0. The molecule has 3 N–H and O–H groups in total. The van der Waals surface area contributed by atoms with E-state index in [0.717, 1.165) is 29.2 Å². The van der Waals surface area contributed by atoms with Crippen molar-refractivity contribution in [1.82, 2.24) is 20.6 Å². The Bertz CT molecular complexity index is 824. The lowest BCUT2D eigenvalue weighted by Crippen LogP contribution is -2.44. The summed E-state index contributed by atoms with van der Waals surface area (Å²) in [6.45, 7) is 13.4. The molecule has 0 atom stereocenters. The van der Waals surface area contributed by atoms with E-state index in [1.165, 1.54) is 5.56 Å². The van der Waals surface area contributed by atoms with Crippen LogP contribution in [0, 0.1) is 19.8 Å². The number of hydrogen-bond acceptors (Lipinski definition) is 3. The Morgan fingerprint density at radius 1 is 1.11 bits per heavy atom. The number of aryl methyl sites for hydroxylation is 1. The smallest absolute Gasteiger partial charge is 0.242 e. The Hall–Kier alpha value is -2.41. The Balaban J connectivity index is 1.87. The summed E-state index contributed by atoms with van der Waals surface area (Å²) in [7, 11) is 0. The fraction of sp³-hybridized carbons (Fsp3) is 0.476. The van der Waals surface area contributed by atoms with Crippen LogP contribution in [0.2, 0.25) is 0 Å². The van der Waals surface area contributed by atoms with Crippen LogP contribution in [0.3, 0.4) is 0 Å². The molecule has 6 nitrogen and oxygen atoms in total. The van der Waals surface area contributed by atoms with Crippen LogP contribution in [0.4, 0.5) is 5.69 Å². The van der Waals surface area contributed by atoms with Crippen molar-refractivity contribution in [2.75, 3.05) is 5.32 Å². The zero-order valence-electron chi connectivity index (χ0n) is 17.6. The first-order valence-electron chi connectivity index (χ1n) is 9.66. The van der Waals surface area contributed by atoms with Gasteiger partial charge in [-0.2, -0.15) is 5.10 Å². The number of amides is 1. The van der Waals surface area contributed by atoms with Gasteiger partial charge in [-0.05, 0) is 55.6 Å². The largest absolute Gasteiger partial charge is 0.331 e. The van der Waals surface area contributed by atoms with E-state index in [9.17, 15) is 4.79 Å². The predicted molar refractivity (Wildman–Crippen MR) is 118 cm³/mol. The highest BCUT2D eigenvalue weighted by Crippen LogP contribution is 2.17. The molecule has 1 aromatic heterocycles. The van der Waals surface area contributed by atoms with Gasteiger partial charge < -0.3 is 5.32 Å². The second kappa shape index (κ2) is 9.68. The molecule has 1 amide bonds. The summed E-state index contributed by atoms with van der Waals surface area (Å²) in [6, 6.07) is 8.07. The van der Waals surface area contributed by atoms with E-state index in [1.54, 1.807) is 0 Å². The summed E-state index contributed by atoms with van der Waals surface area (Å²) >= 11 is 5.25. The first kappa shape index (κ1) is 21.9. The molecule has 2 rings (SSSR count). The summed E-state index contributed by atoms with van der Waals surface area (Å²) in [4.78, 5) is 12.3. The van der Waals surface area contributed by atoms with Gasteiger partial charge in [0.1, 0.15) is 0 Å². The molecular weight excluding hydrogens is 370 g/mol. The number of aromatic nitrogens is 2. The van der Waals surface area contributed by atoms with Crippen molar-refractivity contribution >= 4 is 28.9 Å². The fourth-order valence-electron chi connectivity index (χ4n) is 2.96.